The van der Waals surface area contributed by atoms with Gasteiger partial charge in [-0.05, 0) is 19.9 Å². The number of aromatic nitrogens is 1. The molecule has 0 unspecified atom stereocenters. The SMILES string of the molecule is CC(C)(CO)Nc1c(N)cnc2ccccc12. The molecule has 1 aromatic carbocycles. The zero-order valence-electron chi connectivity index (χ0n) is 10.1. The van der Waals surface area contributed by atoms with Crippen LogP contribution in [0.2, 0.25) is 0 Å². The maximum absolute atomic E-state index is 9.30. The molecule has 4 nitrogen and oxygen atoms in total. The highest BCUT2D eigenvalue weighted by Gasteiger charge is 2.18. The van der Waals surface area contributed by atoms with Crippen molar-refractivity contribution in [2.75, 3.05) is 17.7 Å². The zero-order chi connectivity index (χ0) is 12.5. The Labute approximate surface area is 100 Å². The van der Waals surface area contributed by atoms with Crippen molar-refractivity contribution in [3.63, 3.8) is 0 Å². The third-order valence-corrected chi connectivity index (χ3v) is 2.66. The lowest BCUT2D eigenvalue weighted by Crippen LogP contribution is -2.35. The van der Waals surface area contributed by atoms with Gasteiger partial charge in [-0.3, -0.25) is 4.98 Å². The smallest absolute Gasteiger partial charge is 0.0743 e. The molecule has 0 aliphatic carbocycles. The fourth-order valence-electron chi connectivity index (χ4n) is 1.67. The number of nitrogens with one attached hydrogen (secondary N) is 1. The highest BCUT2D eigenvalue weighted by molar-refractivity contribution is 5.97. The minimum Gasteiger partial charge on any atom is -0.396 e. The van der Waals surface area contributed by atoms with Gasteiger partial charge in [-0.25, -0.2) is 0 Å². The minimum atomic E-state index is -0.418. The Morgan fingerprint density at radius 3 is 2.76 bits per heavy atom. The van der Waals surface area contributed by atoms with Gasteiger partial charge in [-0.15, -0.1) is 0 Å². The number of aliphatic hydroxyl groups is 1. The standard InChI is InChI=1S/C13H17N3O/c1-13(2,8-17)16-12-9-5-3-4-6-11(9)15-7-10(12)14/h3-7,17H,8,14H2,1-2H3,(H,15,16). The molecule has 0 fully saturated rings. The quantitative estimate of drug-likeness (QED) is 0.755. The molecule has 2 aromatic rings. The van der Waals surface area contributed by atoms with E-state index in [0.29, 0.717) is 5.69 Å². The fraction of sp³-hybridized carbons (Fsp3) is 0.308. The van der Waals surface area contributed by atoms with Gasteiger partial charge in [0.1, 0.15) is 0 Å². The summed E-state index contributed by atoms with van der Waals surface area (Å²) in [4.78, 5) is 4.27. The molecule has 1 heterocycles. The van der Waals surface area contributed by atoms with E-state index in [4.69, 9.17) is 5.73 Å². The summed E-state index contributed by atoms with van der Waals surface area (Å²) in [5.74, 6) is 0. The Hall–Kier alpha value is -1.81. The molecule has 0 saturated heterocycles. The van der Waals surface area contributed by atoms with Crippen LogP contribution in [0, 0.1) is 0 Å². The number of nitrogen functional groups attached to an aromatic ring is 1. The van der Waals surface area contributed by atoms with Crippen LogP contribution in [0.25, 0.3) is 10.9 Å². The number of hydrogen-bond donors (Lipinski definition) is 3. The van der Waals surface area contributed by atoms with E-state index >= 15 is 0 Å². The molecular formula is C13H17N3O. The monoisotopic (exact) mass is 231 g/mol. The van der Waals surface area contributed by atoms with Crippen LogP contribution < -0.4 is 11.1 Å². The van der Waals surface area contributed by atoms with E-state index in [2.05, 4.69) is 10.3 Å². The molecule has 0 amide bonds. The molecule has 0 saturated carbocycles. The predicted octanol–water partition coefficient (Wildman–Crippen LogP) is 2.00. The van der Waals surface area contributed by atoms with Gasteiger partial charge in [-0.2, -0.15) is 0 Å². The van der Waals surface area contributed by atoms with Crippen molar-refractivity contribution in [3.05, 3.63) is 30.5 Å². The van der Waals surface area contributed by atoms with Gasteiger partial charge in [0.2, 0.25) is 0 Å². The Morgan fingerprint density at radius 2 is 2.06 bits per heavy atom. The van der Waals surface area contributed by atoms with Crippen LogP contribution >= 0.6 is 0 Å². The number of anilines is 2. The Balaban J connectivity index is 2.55. The second-order valence-corrected chi connectivity index (χ2v) is 4.77. The molecule has 0 bridgehead atoms. The predicted molar refractivity (Wildman–Crippen MR) is 70.9 cm³/mol. The third kappa shape index (κ3) is 2.31. The van der Waals surface area contributed by atoms with E-state index in [1.54, 1.807) is 6.20 Å². The molecule has 17 heavy (non-hydrogen) atoms. The van der Waals surface area contributed by atoms with Crippen LogP contribution in [-0.2, 0) is 0 Å². The summed E-state index contributed by atoms with van der Waals surface area (Å²) in [5.41, 5.74) is 7.83. The highest BCUT2D eigenvalue weighted by Crippen LogP contribution is 2.29. The topological polar surface area (TPSA) is 71.2 Å². The highest BCUT2D eigenvalue weighted by atomic mass is 16.3. The second kappa shape index (κ2) is 4.22. The van der Waals surface area contributed by atoms with Crippen LogP contribution in [0.5, 0.6) is 0 Å². The number of nitrogens with two attached hydrogens (primary N) is 1. The van der Waals surface area contributed by atoms with Crippen LogP contribution in [0.3, 0.4) is 0 Å². The first-order valence-corrected chi connectivity index (χ1v) is 5.56. The van der Waals surface area contributed by atoms with Crippen molar-refractivity contribution in [1.29, 1.82) is 0 Å². The van der Waals surface area contributed by atoms with Crippen LogP contribution in [0.4, 0.5) is 11.4 Å². The number of fused-ring (bicyclic) bond motifs is 1. The van der Waals surface area contributed by atoms with Gasteiger partial charge in [0.25, 0.3) is 0 Å². The molecule has 90 valence electrons. The van der Waals surface area contributed by atoms with Gasteiger partial charge in [0.05, 0.1) is 35.2 Å². The van der Waals surface area contributed by atoms with Crippen molar-refractivity contribution in [3.8, 4) is 0 Å². The average molecular weight is 231 g/mol. The summed E-state index contributed by atoms with van der Waals surface area (Å²) in [6, 6.07) is 7.79. The summed E-state index contributed by atoms with van der Waals surface area (Å²) >= 11 is 0. The first-order chi connectivity index (χ1) is 8.03. The first kappa shape index (κ1) is 11.7. The minimum absolute atomic E-state index is 0.0308. The molecule has 0 atom stereocenters. The molecular weight excluding hydrogens is 214 g/mol. The number of para-hydroxylation sites is 1. The molecule has 4 N–H and O–H groups in total. The lowest BCUT2D eigenvalue weighted by molar-refractivity contribution is 0.234. The number of rotatable bonds is 3. The van der Waals surface area contributed by atoms with Gasteiger partial charge in [0.15, 0.2) is 0 Å². The normalized spacial score (nSPS) is 11.7. The largest absolute Gasteiger partial charge is 0.396 e. The number of pyridine rings is 1. The third-order valence-electron chi connectivity index (χ3n) is 2.66. The van der Waals surface area contributed by atoms with Crippen molar-refractivity contribution in [1.82, 2.24) is 4.98 Å². The zero-order valence-corrected chi connectivity index (χ0v) is 10.1. The molecule has 0 aliphatic heterocycles. The summed E-state index contributed by atoms with van der Waals surface area (Å²) < 4.78 is 0. The van der Waals surface area contributed by atoms with Crippen LogP contribution in [0.1, 0.15) is 13.8 Å². The molecule has 0 aliphatic rings. The summed E-state index contributed by atoms with van der Waals surface area (Å²) in [7, 11) is 0. The van der Waals surface area contributed by atoms with Crippen molar-refractivity contribution < 1.29 is 5.11 Å². The van der Waals surface area contributed by atoms with Gasteiger partial charge < -0.3 is 16.2 Å². The average Bonchev–Trinajstić information content (AvgIpc) is 2.33. The summed E-state index contributed by atoms with van der Waals surface area (Å²) in [5, 5.41) is 13.5. The first-order valence-electron chi connectivity index (χ1n) is 5.56. The molecule has 4 heteroatoms. The van der Waals surface area contributed by atoms with Crippen LogP contribution in [0.15, 0.2) is 30.5 Å². The fourth-order valence-corrected chi connectivity index (χ4v) is 1.67. The van der Waals surface area contributed by atoms with E-state index in [1.165, 1.54) is 0 Å². The van der Waals surface area contributed by atoms with Crippen molar-refractivity contribution >= 4 is 22.3 Å². The van der Waals surface area contributed by atoms with Crippen LogP contribution in [-0.4, -0.2) is 22.2 Å². The lowest BCUT2D eigenvalue weighted by atomic mass is 10.0. The van der Waals surface area contributed by atoms with Gasteiger partial charge >= 0.3 is 0 Å². The van der Waals surface area contributed by atoms with E-state index in [0.717, 1.165) is 16.6 Å². The number of hydrogen-bond acceptors (Lipinski definition) is 4. The second-order valence-electron chi connectivity index (χ2n) is 4.77. The number of benzene rings is 1. The summed E-state index contributed by atoms with van der Waals surface area (Å²) in [6.07, 6.45) is 1.64. The van der Waals surface area contributed by atoms with E-state index in [-0.39, 0.29) is 6.61 Å². The van der Waals surface area contributed by atoms with E-state index < -0.39 is 5.54 Å². The Morgan fingerprint density at radius 1 is 1.35 bits per heavy atom. The van der Waals surface area contributed by atoms with Crippen molar-refractivity contribution in [2.24, 2.45) is 0 Å². The van der Waals surface area contributed by atoms with Gasteiger partial charge in [0, 0.05) is 5.39 Å². The number of aliphatic hydroxyl groups excluding tert-OH is 1. The Kier molecular flexibility index (Phi) is 2.90. The maximum Gasteiger partial charge on any atom is 0.0743 e. The molecule has 0 radical (unpaired) electrons. The molecule has 1 aromatic heterocycles. The lowest BCUT2D eigenvalue weighted by Gasteiger charge is -2.26. The van der Waals surface area contributed by atoms with Gasteiger partial charge in [-0.1, -0.05) is 18.2 Å². The summed E-state index contributed by atoms with van der Waals surface area (Å²) in [6.45, 7) is 3.87. The Bertz CT molecular complexity index is 537. The van der Waals surface area contributed by atoms with Crippen molar-refractivity contribution in [2.45, 2.75) is 19.4 Å². The maximum atomic E-state index is 9.30. The van der Waals surface area contributed by atoms with E-state index in [1.807, 2.05) is 38.1 Å². The van der Waals surface area contributed by atoms with E-state index in [9.17, 15) is 5.11 Å². The molecule has 2 rings (SSSR count). The molecule has 0 spiro atoms. The number of nitrogens with zero attached hydrogens (tertiary/aromatic N) is 1.